The van der Waals surface area contributed by atoms with Crippen LogP contribution in [0.5, 0.6) is 0 Å². The second-order valence-electron chi connectivity index (χ2n) is 16.6. The Bertz CT molecular complexity index is 2680. The Balaban J connectivity index is 0.00000225. The molecule has 0 aromatic heterocycles. The van der Waals surface area contributed by atoms with Gasteiger partial charge in [-0.15, -0.1) is 24.8 Å². The standard InChI is InChI=1S/C30H21.C17H17S.2CH3.2ClH.H2Si.Zr/c1-20-16-23-18-24(27-14-6-10-21-8-2-4-12-25(21)27)19-30(29(23)17-20)28-15-7-11-22-9-3-5-13-26(22)28;1-11(2)14-9-15-16(10-14)18-12(3)17(15)13-7-5-4-6-8-13;;;;;;/h2-19H,1H3;4-9,11-12H,1-3H3;2*1H3;2*1H;1H2;. The number of benzene rings is 6. The minimum Gasteiger partial charge on any atom is -0.147 e. The normalized spacial score (nSPS) is 18.1. The van der Waals surface area contributed by atoms with E-state index < -0.39 is 17.4 Å². The molecule has 272 valence electrons. The van der Waals surface area contributed by atoms with Crippen LogP contribution in [0.15, 0.2) is 158 Å². The molecule has 9 rings (SSSR count). The van der Waals surface area contributed by atoms with Crippen molar-refractivity contribution >= 4 is 76.6 Å². The second-order valence-corrected chi connectivity index (χ2v) is 47.3. The van der Waals surface area contributed by atoms with Crippen molar-refractivity contribution < 1.29 is 17.4 Å². The maximum atomic E-state index is 2.77. The van der Waals surface area contributed by atoms with Crippen LogP contribution in [0.3, 0.4) is 0 Å². The molecular weight excluding hydrogens is 811 g/mol. The first-order chi connectivity index (χ1) is 25.0. The third-order valence-electron chi connectivity index (χ3n) is 12.0. The second kappa shape index (κ2) is 14.4. The van der Waals surface area contributed by atoms with Crippen molar-refractivity contribution in [3.05, 3.63) is 175 Å². The van der Waals surface area contributed by atoms with Gasteiger partial charge < -0.3 is 0 Å². The smallest absolute Gasteiger partial charge is 0.147 e. The molecule has 3 aliphatic rings. The minimum atomic E-state index is -3.93. The van der Waals surface area contributed by atoms with E-state index in [2.05, 4.69) is 195 Å². The van der Waals surface area contributed by atoms with Crippen LogP contribution in [0.2, 0.25) is 9.26 Å². The van der Waals surface area contributed by atoms with Gasteiger partial charge in [-0.25, -0.2) is 0 Å². The number of hydrogen-bond acceptors (Lipinski definition) is 1. The van der Waals surface area contributed by atoms with Crippen LogP contribution in [0.25, 0.3) is 55.4 Å². The monoisotopic (exact) mass is 856 g/mol. The van der Waals surface area contributed by atoms with Crippen LogP contribution in [0, 0.1) is 5.92 Å². The van der Waals surface area contributed by atoms with Crippen molar-refractivity contribution in [2.24, 2.45) is 5.92 Å². The molecule has 54 heavy (non-hydrogen) atoms. The molecule has 0 fully saturated rings. The fourth-order valence-corrected chi connectivity index (χ4v) is 32.8. The van der Waals surface area contributed by atoms with Crippen LogP contribution in [-0.4, -0.2) is 12.1 Å². The molecule has 0 N–H and O–H groups in total. The van der Waals surface area contributed by atoms with Gasteiger partial charge in [-0.3, -0.25) is 0 Å². The Labute approximate surface area is 340 Å². The van der Waals surface area contributed by atoms with Gasteiger partial charge in [0.1, 0.15) is 0 Å². The first-order valence-corrected chi connectivity index (χ1v) is 33.2. The predicted molar refractivity (Wildman–Crippen MR) is 244 cm³/mol. The molecule has 2 unspecified atom stereocenters. The summed E-state index contributed by atoms with van der Waals surface area (Å²) < 4.78 is 7.69. The van der Waals surface area contributed by atoms with Crippen molar-refractivity contribution in [3.63, 3.8) is 0 Å². The van der Waals surface area contributed by atoms with Gasteiger partial charge >= 0.3 is 318 Å². The van der Waals surface area contributed by atoms with Gasteiger partial charge in [-0.1, -0.05) is 0 Å². The summed E-state index contributed by atoms with van der Waals surface area (Å²) in [5.41, 5.74) is 15.8. The van der Waals surface area contributed by atoms with Crippen molar-refractivity contribution in [1.82, 2.24) is 0 Å². The maximum absolute atomic E-state index is 3.93. The van der Waals surface area contributed by atoms with Crippen molar-refractivity contribution in [1.29, 1.82) is 0 Å². The van der Waals surface area contributed by atoms with Crippen LogP contribution in [0.1, 0.15) is 48.0 Å². The molecular formula is C49H48Cl2SSiZr. The van der Waals surface area contributed by atoms with E-state index in [1.807, 2.05) is 0 Å². The zero-order valence-corrected chi connectivity index (χ0v) is 38.3. The quantitative estimate of drug-likeness (QED) is 0.150. The Morgan fingerprint density at radius 1 is 0.648 bits per heavy atom. The SMILES string of the molecule is CC1=Cc2c(-c3cccc4ccccc34)cc(-c3cccc4ccccc34)cc2[CH]1[Zr]([CH3])([CH3])(=[SiH2])[C]1=C2SC(C)C(c3ccccc3)=C2C=C1C(C)C.Cl.Cl. The summed E-state index contributed by atoms with van der Waals surface area (Å²) in [5.74, 6) is 0.462. The fraction of sp³-hybridized carbons (Fsp3) is 0.184. The van der Waals surface area contributed by atoms with Crippen LogP contribution in [0.4, 0.5) is 0 Å². The van der Waals surface area contributed by atoms with Gasteiger partial charge in [0.2, 0.25) is 0 Å². The van der Waals surface area contributed by atoms with E-state index in [1.54, 1.807) is 13.8 Å². The van der Waals surface area contributed by atoms with Crippen molar-refractivity contribution in [2.75, 3.05) is 0 Å². The van der Waals surface area contributed by atoms with Crippen LogP contribution >= 0.6 is 36.6 Å². The molecule has 0 saturated heterocycles. The Morgan fingerprint density at radius 2 is 1.22 bits per heavy atom. The molecule has 1 heterocycles. The predicted octanol–water partition coefficient (Wildman–Crippen LogP) is 14.4. The topological polar surface area (TPSA) is 0 Å². The average molecular weight is 859 g/mol. The summed E-state index contributed by atoms with van der Waals surface area (Å²) in [7, 11) is 0. The Hall–Kier alpha value is -3.17. The summed E-state index contributed by atoms with van der Waals surface area (Å²) in [6, 6.07) is 47.7. The number of fused-ring (bicyclic) bond motifs is 4. The van der Waals surface area contributed by atoms with Crippen molar-refractivity contribution in [2.45, 2.75) is 45.8 Å². The molecule has 0 saturated carbocycles. The number of hydrogen-bond donors (Lipinski definition) is 0. The fourth-order valence-electron chi connectivity index (χ4n) is 9.97. The summed E-state index contributed by atoms with van der Waals surface area (Å²) in [5, 5.41) is 5.64. The van der Waals surface area contributed by atoms with Crippen molar-refractivity contribution in [3.8, 4) is 22.3 Å². The van der Waals surface area contributed by atoms with Gasteiger partial charge in [0.05, 0.1) is 0 Å². The van der Waals surface area contributed by atoms with E-state index in [1.165, 1.54) is 77.2 Å². The van der Waals surface area contributed by atoms with E-state index in [0.717, 1.165) is 0 Å². The largest absolute Gasteiger partial charge is 0.147 e. The number of allylic oxidation sites excluding steroid dienone is 5. The molecule has 0 nitrogen and oxygen atoms in total. The van der Waals surface area contributed by atoms with Crippen LogP contribution < -0.4 is 0 Å². The summed E-state index contributed by atoms with van der Waals surface area (Å²) in [4.78, 5) is 1.58. The van der Waals surface area contributed by atoms with Gasteiger partial charge in [0.15, 0.2) is 0 Å². The molecule has 2 aliphatic carbocycles. The maximum Gasteiger partial charge on any atom is -0.147 e. The molecule has 6 aromatic rings. The third-order valence-corrected chi connectivity index (χ3v) is 30.0. The Kier molecular flexibility index (Phi) is 10.4. The zero-order chi connectivity index (χ0) is 36.0. The molecule has 0 amide bonds. The van der Waals surface area contributed by atoms with E-state index in [4.69, 9.17) is 0 Å². The zero-order valence-electron chi connectivity index (χ0n) is 31.9. The summed E-state index contributed by atoms with van der Waals surface area (Å²) in [6.45, 7) is 12.1. The van der Waals surface area contributed by atoms with Crippen LogP contribution in [-0.2, 0) is 17.4 Å². The number of rotatable bonds is 6. The van der Waals surface area contributed by atoms with E-state index in [0.29, 0.717) is 14.8 Å². The summed E-state index contributed by atoms with van der Waals surface area (Å²) in [6.07, 6.45) is 5.19. The Morgan fingerprint density at radius 3 is 1.87 bits per heavy atom. The molecule has 2 atom stereocenters. The third kappa shape index (κ3) is 6.14. The van der Waals surface area contributed by atoms with Gasteiger partial charge in [-0.05, 0) is 0 Å². The molecule has 0 spiro atoms. The number of halogens is 2. The van der Waals surface area contributed by atoms with E-state index >= 15 is 0 Å². The summed E-state index contributed by atoms with van der Waals surface area (Å²) >= 11 is -1.80. The molecule has 0 bridgehead atoms. The van der Waals surface area contributed by atoms with Gasteiger partial charge in [0, 0.05) is 0 Å². The average Bonchev–Trinajstić information content (AvgIpc) is 3.79. The van der Waals surface area contributed by atoms with Gasteiger partial charge in [0.25, 0.3) is 0 Å². The first kappa shape index (κ1) is 39.1. The molecule has 0 radical (unpaired) electrons. The van der Waals surface area contributed by atoms with E-state index in [-0.39, 0.29) is 24.8 Å². The van der Waals surface area contributed by atoms with E-state index in [9.17, 15) is 0 Å². The number of thioether (sulfide) groups is 1. The molecule has 6 aromatic carbocycles. The molecule has 1 aliphatic heterocycles. The van der Waals surface area contributed by atoms with Gasteiger partial charge in [-0.2, -0.15) is 0 Å². The first-order valence-electron chi connectivity index (χ1n) is 18.8. The molecule has 5 heteroatoms. The minimum absolute atomic E-state index is 0.